The second-order valence-corrected chi connectivity index (χ2v) is 8.63. The van der Waals surface area contributed by atoms with Gasteiger partial charge in [0, 0.05) is 16.4 Å². The van der Waals surface area contributed by atoms with E-state index in [1.165, 1.54) is 36.4 Å². The quantitative estimate of drug-likeness (QED) is 0.518. The number of sulfonamides is 1. The van der Waals surface area contributed by atoms with Crippen LogP contribution in [0.25, 0.3) is 0 Å². The van der Waals surface area contributed by atoms with Crippen LogP contribution in [0.1, 0.15) is 10.4 Å². The molecule has 3 aromatic carbocycles. The van der Waals surface area contributed by atoms with E-state index in [0.717, 1.165) is 0 Å². The summed E-state index contributed by atoms with van der Waals surface area (Å²) in [5.74, 6) is -0.537. The first kappa shape index (κ1) is 20.5. The van der Waals surface area contributed by atoms with E-state index >= 15 is 0 Å². The van der Waals surface area contributed by atoms with Crippen molar-refractivity contribution in [3.8, 4) is 0 Å². The molecule has 0 aromatic heterocycles. The summed E-state index contributed by atoms with van der Waals surface area (Å²) in [5.41, 5.74) is 0.910. The Bertz CT molecular complexity index is 1100. The van der Waals surface area contributed by atoms with Crippen LogP contribution in [-0.4, -0.2) is 14.3 Å². The van der Waals surface area contributed by atoms with Crippen LogP contribution < -0.4 is 10.0 Å². The molecule has 9 heteroatoms. The van der Waals surface area contributed by atoms with Crippen LogP contribution >= 0.6 is 34.8 Å². The minimum Gasteiger partial charge on any atom is -0.322 e. The molecule has 3 aromatic rings. The van der Waals surface area contributed by atoms with E-state index in [1.807, 2.05) is 0 Å². The number of anilines is 2. The van der Waals surface area contributed by atoms with E-state index in [4.69, 9.17) is 34.8 Å². The standard InChI is InChI=1S/C19H13Cl3N2O3S/c20-12-10-16(21)18(17(22)11-12)19(25)23-13-6-8-15(9-7-13)28(26,27)24-14-4-2-1-3-5-14/h1-11,24H,(H,23,25). The van der Waals surface area contributed by atoms with Gasteiger partial charge in [0.05, 0.1) is 20.5 Å². The number of carbonyl (C=O) groups is 1. The van der Waals surface area contributed by atoms with Crippen LogP contribution in [0.4, 0.5) is 11.4 Å². The molecule has 0 aliphatic carbocycles. The third kappa shape index (κ3) is 4.77. The van der Waals surface area contributed by atoms with Crippen molar-refractivity contribution < 1.29 is 13.2 Å². The molecule has 0 unspecified atom stereocenters. The predicted octanol–water partition coefficient (Wildman–Crippen LogP) is 5.70. The van der Waals surface area contributed by atoms with Gasteiger partial charge in [0.15, 0.2) is 0 Å². The average Bonchev–Trinajstić information content (AvgIpc) is 2.61. The van der Waals surface area contributed by atoms with Crippen molar-refractivity contribution in [1.29, 1.82) is 0 Å². The highest BCUT2D eigenvalue weighted by Gasteiger charge is 2.17. The second kappa shape index (κ2) is 8.41. The van der Waals surface area contributed by atoms with Gasteiger partial charge in [0.25, 0.3) is 15.9 Å². The first-order valence-corrected chi connectivity index (χ1v) is 10.5. The SMILES string of the molecule is O=C(Nc1ccc(S(=O)(=O)Nc2ccccc2)cc1)c1c(Cl)cc(Cl)cc1Cl. The molecule has 0 fully saturated rings. The Morgan fingerprint density at radius 2 is 1.36 bits per heavy atom. The first-order valence-electron chi connectivity index (χ1n) is 7.90. The number of para-hydroxylation sites is 1. The molecule has 5 nitrogen and oxygen atoms in total. The number of rotatable bonds is 5. The van der Waals surface area contributed by atoms with Crippen molar-refractivity contribution >= 4 is 62.1 Å². The fourth-order valence-electron chi connectivity index (χ4n) is 2.39. The maximum Gasteiger partial charge on any atom is 0.261 e. The van der Waals surface area contributed by atoms with Gasteiger partial charge >= 0.3 is 0 Å². The van der Waals surface area contributed by atoms with Crippen molar-refractivity contribution in [3.63, 3.8) is 0 Å². The number of carbonyl (C=O) groups excluding carboxylic acids is 1. The molecular weight excluding hydrogens is 443 g/mol. The zero-order chi connectivity index (χ0) is 20.3. The van der Waals surface area contributed by atoms with Gasteiger partial charge in [0.1, 0.15) is 0 Å². The number of hydrogen-bond donors (Lipinski definition) is 2. The number of hydrogen-bond acceptors (Lipinski definition) is 3. The molecule has 144 valence electrons. The highest BCUT2D eigenvalue weighted by Crippen LogP contribution is 2.29. The second-order valence-electron chi connectivity index (χ2n) is 5.69. The fourth-order valence-corrected chi connectivity index (χ4v) is 4.44. The van der Waals surface area contributed by atoms with Crippen LogP contribution in [0.15, 0.2) is 71.6 Å². The lowest BCUT2D eigenvalue weighted by molar-refractivity contribution is 0.102. The van der Waals surface area contributed by atoms with Gasteiger partial charge in [-0.05, 0) is 48.5 Å². The van der Waals surface area contributed by atoms with Gasteiger partial charge in [-0.25, -0.2) is 8.42 Å². The molecule has 0 radical (unpaired) electrons. The van der Waals surface area contributed by atoms with Gasteiger partial charge in [-0.1, -0.05) is 53.0 Å². The third-order valence-electron chi connectivity index (χ3n) is 3.68. The van der Waals surface area contributed by atoms with E-state index in [2.05, 4.69) is 10.0 Å². The van der Waals surface area contributed by atoms with E-state index in [1.54, 1.807) is 30.3 Å². The van der Waals surface area contributed by atoms with E-state index in [0.29, 0.717) is 16.4 Å². The van der Waals surface area contributed by atoms with Gasteiger partial charge in [-0.2, -0.15) is 0 Å². The van der Waals surface area contributed by atoms with Crippen molar-refractivity contribution in [2.75, 3.05) is 10.0 Å². The lowest BCUT2D eigenvalue weighted by Crippen LogP contribution is -2.14. The lowest BCUT2D eigenvalue weighted by Gasteiger charge is -2.11. The Morgan fingerprint density at radius 3 is 1.93 bits per heavy atom. The highest BCUT2D eigenvalue weighted by atomic mass is 35.5. The zero-order valence-electron chi connectivity index (χ0n) is 14.1. The molecule has 0 atom stereocenters. The number of benzene rings is 3. The molecule has 0 saturated heterocycles. The Kier molecular flexibility index (Phi) is 6.15. The summed E-state index contributed by atoms with van der Waals surface area (Å²) in [5, 5.41) is 3.16. The molecule has 0 aliphatic rings. The average molecular weight is 456 g/mol. The van der Waals surface area contributed by atoms with Gasteiger partial charge < -0.3 is 5.32 Å². The zero-order valence-corrected chi connectivity index (χ0v) is 17.2. The molecule has 0 spiro atoms. The Morgan fingerprint density at radius 1 is 0.786 bits per heavy atom. The summed E-state index contributed by atoms with van der Waals surface area (Å²) in [6.45, 7) is 0. The van der Waals surface area contributed by atoms with E-state index < -0.39 is 15.9 Å². The number of amides is 1. The van der Waals surface area contributed by atoms with E-state index in [9.17, 15) is 13.2 Å². The monoisotopic (exact) mass is 454 g/mol. The Balaban J connectivity index is 1.77. The van der Waals surface area contributed by atoms with Crippen LogP contribution in [0, 0.1) is 0 Å². The van der Waals surface area contributed by atoms with Crippen molar-refractivity contribution in [2.45, 2.75) is 4.90 Å². The maximum absolute atomic E-state index is 12.4. The van der Waals surface area contributed by atoms with Crippen LogP contribution in [-0.2, 0) is 10.0 Å². The minimum absolute atomic E-state index is 0.0527. The lowest BCUT2D eigenvalue weighted by atomic mass is 10.2. The molecule has 1 amide bonds. The van der Waals surface area contributed by atoms with Crippen LogP contribution in [0.2, 0.25) is 15.1 Å². The topological polar surface area (TPSA) is 75.3 Å². The largest absolute Gasteiger partial charge is 0.322 e. The molecule has 0 aliphatic heterocycles. The summed E-state index contributed by atoms with van der Waals surface area (Å²) < 4.78 is 27.3. The Labute approximate surface area is 177 Å². The normalized spacial score (nSPS) is 11.1. The summed E-state index contributed by atoms with van der Waals surface area (Å²) >= 11 is 17.9. The molecule has 0 saturated carbocycles. The summed E-state index contributed by atoms with van der Waals surface area (Å²) in [6.07, 6.45) is 0. The summed E-state index contributed by atoms with van der Waals surface area (Å²) in [4.78, 5) is 12.5. The molecule has 0 bridgehead atoms. The van der Waals surface area contributed by atoms with Crippen molar-refractivity contribution in [2.24, 2.45) is 0 Å². The van der Waals surface area contributed by atoms with Crippen molar-refractivity contribution in [1.82, 2.24) is 0 Å². The highest BCUT2D eigenvalue weighted by molar-refractivity contribution is 7.92. The molecule has 28 heavy (non-hydrogen) atoms. The predicted molar refractivity (Wildman–Crippen MR) is 113 cm³/mol. The smallest absolute Gasteiger partial charge is 0.261 e. The van der Waals surface area contributed by atoms with Crippen LogP contribution in [0.3, 0.4) is 0 Å². The maximum atomic E-state index is 12.4. The summed E-state index contributed by atoms with van der Waals surface area (Å²) in [6, 6.07) is 17.0. The van der Waals surface area contributed by atoms with E-state index in [-0.39, 0.29) is 20.5 Å². The minimum atomic E-state index is -3.75. The van der Waals surface area contributed by atoms with Crippen LogP contribution in [0.5, 0.6) is 0 Å². The Hall–Kier alpha value is -2.25. The molecule has 0 heterocycles. The van der Waals surface area contributed by atoms with Gasteiger partial charge in [-0.15, -0.1) is 0 Å². The first-order chi connectivity index (χ1) is 13.3. The third-order valence-corrected chi connectivity index (χ3v) is 5.89. The molecule has 2 N–H and O–H groups in total. The molecular formula is C19H13Cl3N2O3S. The number of nitrogens with one attached hydrogen (secondary N) is 2. The van der Waals surface area contributed by atoms with Crippen molar-refractivity contribution in [3.05, 3.63) is 87.4 Å². The fraction of sp³-hybridized carbons (Fsp3) is 0. The van der Waals surface area contributed by atoms with Gasteiger partial charge in [0.2, 0.25) is 0 Å². The molecule has 3 rings (SSSR count). The number of halogens is 3. The van der Waals surface area contributed by atoms with Gasteiger partial charge in [-0.3, -0.25) is 9.52 Å². The summed E-state index contributed by atoms with van der Waals surface area (Å²) in [7, 11) is -3.75.